The molecule has 27 heavy (non-hydrogen) atoms. The van der Waals surface area contributed by atoms with Crippen LogP contribution < -0.4 is 5.32 Å². The SMILES string of the molecule is C[C@@H]1CN(C(=O)OC(C)(C)C)CC[C@@H]1[C@H](C)Nc1cc(C(=O)O)ccc1Cl. The van der Waals surface area contributed by atoms with Crippen LogP contribution in [0.4, 0.5) is 10.5 Å². The van der Waals surface area contributed by atoms with Gasteiger partial charge in [0.05, 0.1) is 16.3 Å². The Morgan fingerprint density at radius 3 is 2.59 bits per heavy atom. The maximum Gasteiger partial charge on any atom is 0.410 e. The number of hydrogen-bond donors (Lipinski definition) is 2. The maximum absolute atomic E-state index is 12.3. The number of carbonyl (C=O) groups excluding carboxylic acids is 1. The van der Waals surface area contributed by atoms with Gasteiger partial charge >= 0.3 is 12.1 Å². The van der Waals surface area contributed by atoms with Gasteiger partial charge in [-0.2, -0.15) is 0 Å². The van der Waals surface area contributed by atoms with E-state index in [4.69, 9.17) is 21.4 Å². The first-order valence-corrected chi connectivity index (χ1v) is 9.63. The van der Waals surface area contributed by atoms with E-state index < -0.39 is 11.6 Å². The molecule has 0 saturated carbocycles. The summed E-state index contributed by atoms with van der Waals surface area (Å²) in [6.45, 7) is 11.0. The summed E-state index contributed by atoms with van der Waals surface area (Å²) in [6.07, 6.45) is 0.566. The van der Waals surface area contributed by atoms with Crippen LogP contribution in [0.3, 0.4) is 0 Å². The number of hydrogen-bond acceptors (Lipinski definition) is 4. The summed E-state index contributed by atoms with van der Waals surface area (Å²) in [4.78, 5) is 25.2. The highest BCUT2D eigenvalue weighted by atomic mass is 35.5. The number of piperidine rings is 1. The Balaban J connectivity index is 2.01. The lowest BCUT2D eigenvalue weighted by Gasteiger charge is -2.40. The molecule has 1 aliphatic heterocycles. The van der Waals surface area contributed by atoms with E-state index in [1.807, 2.05) is 20.8 Å². The Morgan fingerprint density at radius 1 is 1.37 bits per heavy atom. The Morgan fingerprint density at radius 2 is 2.04 bits per heavy atom. The van der Waals surface area contributed by atoms with Gasteiger partial charge in [-0.25, -0.2) is 9.59 Å². The molecule has 2 N–H and O–H groups in total. The van der Waals surface area contributed by atoms with E-state index in [1.54, 1.807) is 17.0 Å². The zero-order valence-electron chi connectivity index (χ0n) is 16.6. The summed E-state index contributed by atoms with van der Waals surface area (Å²) < 4.78 is 5.47. The average Bonchev–Trinajstić information content (AvgIpc) is 2.54. The van der Waals surface area contributed by atoms with Gasteiger partial charge in [0.25, 0.3) is 0 Å². The monoisotopic (exact) mass is 396 g/mol. The third-order valence-corrected chi connectivity index (χ3v) is 5.19. The molecule has 1 fully saturated rings. The number of nitrogens with zero attached hydrogens (tertiary/aromatic N) is 1. The van der Waals surface area contributed by atoms with Crippen LogP contribution in [0, 0.1) is 11.8 Å². The van der Waals surface area contributed by atoms with Crippen LogP contribution in [0.1, 0.15) is 51.4 Å². The summed E-state index contributed by atoms with van der Waals surface area (Å²) >= 11 is 6.22. The van der Waals surface area contributed by atoms with E-state index in [1.165, 1.54) is 6.07 Å². The standard InChI is InChI=1S/C20H29ClN2O4/c1-12-11-23(19(26)27-20(3,4)5)9-8-15(12)13(2)22-17-10-14(18(24)25)6-7-16(17)21/h6-7,10,12-13,15,22H,8-9,11H2,1-5H3,(H,24,25)/t12-,13+,15+/m1/s1. The number of carboxylic acids is 1. The number of carbonyl (C=O) groups is 2. The van der Waals surface area contributed by atoms with Crippen LogP contribution >= 0.6 is 11.6 Å². The second-order valence-corrected chi connectivity index (χ2v) is 8.70. The quantitative estimate of drug-likeness (QED) is 0.768. The lowest BCUT2D eigenvalue weighted by Crippen LogP contribution is -2.48. The molecule has 7 heteroatoms. The smallest absolute Gasteiger partial charge is 0.410 e. The molecular formula is C20H29ClN2O4. The van der Waals surface area contributed by atoms with Gasteiger partial charge in [-0.05, 0) is 64.2 Å². The first-order chi connectivity index (χ1) is 12.5. The fraction of sp³-hybridized carbons (Fsp3) is 0.600. The number of amides is 1. The average molecular weight is 397 g/mol. The Labute approximate surface area is 165 Å². The van der Waals surface area contributed by atoms with E-state index in [0.717, 1.165) is 6.42 Å². The van der Waals surface area contributed by atoms with Crippen LogP contribution in [0.25, 0.3) is 0 Å². The molecule has 1 aromatic carbocycles. The molecule has 0 unspecified atom stereocenters. The number of benzene rings is 1. The van der Waals surface area contributed by atoms with Gasteiger partial charge in [0.2, 0.25) is 0 Å². The van der Waals surface area contributed by atoms with Crippen molar-refractivity contribution in [2.24, 2.45) is 11.8 Å². The number of anilines is 1. The normalized spacial score (nSPS) is 21.5. The highest BCUT2D eigenvalue weighted by molar-refractivity contribution is 6.33. The molecule has 0 aromatic heterocycles. The number of aromatic carboxylic acids is 1. The van der Waals surface area contributed by atoms with Gasteiger partial charge in [-0.3, -0.25) is 0 Å². The summed E-state index contributed by atoms with van der Waals surface area (Å²) in [5.74, 6) is -0.384. The molecular weight excluding hydrogens is 368 g/mol. The molecule has 6 nitrogen and oxygen atoms in total. The van der Waals surface area contributed by atoms with Crippen LogP contribution in [0.2, 0.25) is 5.02 Å². The Hall–Kier alpha value is -1.95. The lowest BCUT2D eigenvalue weighted by atomic mass is 9.82. The zero-order valence-corrected chi connectivity index (χ0v) is 17.3. The molecule has 1 aromatic rings. The highest BCUT2D eigenvalue weighted by Crippen LogP contribution is 2.31. The molecule has 1 aliphatic rings. The molecule has 1 heterocycles. The van der Waals surface area contributed by atoms with Crippen molar-refractivity contribution in [1.29, 1.82) is 0 Å². The number of carboxylic acid groups (broad SMARTS) is 1. The van der Waals surface area contributed by atoms with Crippen LogP contribution in [-0.4, -0.2) is 46.8 Å². The zero-order chi connectivity index (χ0) is 20.4. The molecule has 0 radical (unpaired) electrons. The summed E-state index contributed by atoms with van der Waals surface area (Å²) in [5, 5.41) is 13.0. The number of nitrogens with one attached hydrogen (secondary N) is 1. The van der Waals surface area contributed by atoms with E-state index >= 15 is 0 Å². The van der Waals surface area contributed by atoms with Gasteiger partial charge < -0.3 is 20.1 Å². The van der Waals surface area contributed by atoms with Crippen molar-refractivity contribution in [2.75, 3.05) is 18.4 Å². The number of halogens is 1. The largest absolute Gasteiger partial charge is 0.478 e. The number of rotatable bonds is 4. The molecule has 0 bridgehead atoms. The van der Waals surface area contributed by atoms with Crippen molar-refractivity contribution in [3.05, 3.63) is 28.8 Å². The first kappa shape index (κ1) is 21.4. The molecule has 0 aliphatic carbocycles. The topological polar surface area (TPSA) is 78.9 Å². The van der Waals surface area contributed by atoms with Gasteiger partial charge in [0, 0.05) is 19.1 Å². The molecule has 1 saturated heterocycles. The number of likely N-dealkylation sites (tertiary alicyclic amines) is 1. The molecule has 2 rings (SSSR count). The van der Waals surface area contributed by atoms with Crippen LogP contribution in [0.15, 0.2) is 18.2 Å². The van der Waals surface area contributed by atoms with Crippen molar-refractivity contribution in [2.45, 2.75) is 52.7 Å². The third-order valence-electron chi connectivity index (χ3n) is 4.86. The van der Waals surface area contributed by atoms with Crippen molar-refractivity contribution in [3.8, 4) is 0 Å². The maximum atomic E-state index is 12.3. The van der Waals surface area contributed by atoms with Crippen molar-refractivity contribution < 1.29 is 19.4 Å². The summed E-state index contributed by atoms with van der Waals surface area (Å²) in [7, 11) is 0. The second-order valence-electron chi connectivity index (χ2n) is 8.29. The lowest BCUT2D eigenvalue weighted by molar-refractivity contribution is 0.0107. The molecule has 1 amide bonds. The van der Waals surface area contributed by atoms with Crippen LogP contribution in [-0.2, 0) is 4.74 Å². The van der Waals surface area contributed by atoms with E-state index in [2.05, 4.69) is 19.2 Å². The Kier molecular flexibility index (Phi) is 6.63. The van der Waals surface area contributed by atoms with Gasteiger partial charge in [0.15, 0.2) is 0 Å². The fourth-order valence-corrected chi connectivity index (χ4v) is 3.69. The minimum Gasteiger partial charge on any atom is -0.478 e. The molecule has 3 atom stereocenters. The van der Waals surface area contributed by atoms with Crippen molar-refractivity contribution >= 4 is 29.4 Å². The van der Waals surface area contributed by atoms with E-state index in [9.17, 15) is 9.59 Å². The molecule has 0 spiro atoms. The van der Waals surface area contributed by atoms with Crippen molar-refractivity contribution in [1.82, 2.24) is 4.90 Å². The fourth-order valence-electron chi connectivity index (χ4n) is 3.52. The Bertz CT molecular complexity index is 702. The number of ether oxygens (including phenoxy) is 1. The van der Waals surface area contributed by atoms with E-state index in [0.29, 0.717) is 29.7 Å². The van der Waals surface area contributed by atoms with Crippen molar-refractivity contribution in [3.63, 3.8) is 0 Å². The summed E-state index contributed by atoms with van der Waals surface area (Å²) in [6, 6.07) is 4.72. The third kappa shape index (κ3) is 5.76. The minimum atomic E-state index is -0.985. The van der Waals surface area contributed by atoms with Gasteiger partial charge in [-0.1, -0.05) is 18.5 Å². The molecule has 150 valence electrons. The highest BCUT2D eigenvalue weighted by Gasteiger charge is 2.34. The predicted octanol–water partition coefficient (Wildman–Crippen LogP) is 4.73. The predicted molar refractivity (Wildman–Crippen MR) is 107 cm³/mol. The minimum absolute atomic E-state index is 0.0855. The van der Waals surface area contributed by atoms with Crippen LogP contribution in [0.5, 0.6) is 0 Å². The van der Waals surface area contributed by atoms with Gasteiger partial charge in [0.1, 0.15) is 5.60 Å². The summed E-state index contributed by atoms with van der Waals surface area (Å²) in [5.41, 5.74) is 0.311. The van der Waals surface area contributed by atoms with Gasteiger partial charge in [-0.15, -0.1) is 0 Å². The second kappa shape index (κ2) is 8.38. The first-order valence-electron chi connectivity index (χ1n) is 9.25. The van der Waals surface area contributed by atoms with E-state index in [-0.39, 0.29) is 23.6 Å².